The minimum atomic E-state index is -3.45. The van der Waals surface area contributed by atoms with Gasteiger partial charge in [0.1, 0.15) is 10.7 Å². The van der Waals surface area contributed by atoms with Crippen molar-refractivity contribution in [2.45, 2.75) is 48.6 Å². The van der Waals surface area contributed by atoms with E-state index in [1.807, 2.05) is 0 Å². The molecule has 4 heterocycles. The fourth-order valence-electron chi connectivity index (χ4n) is 5.86. The number of fused-ring (bicyclic) bond motifs is 1. The first kappa shape index (κ1) is 19.7. The van der Waals surface area contributed by atoms with Crippen molar-refractivity contribution in [1.29, 1.82) is 0 Å². The highest BCUT2D eigenvalue weighted by atomic mass is 32.2. The van der Waals surface area contributed by atoms with E-state index in [9.17, 15) is 8.42 Å². The van der Waals surface area contributed by atoms with E-state index in [-0.39, 0.29) is 10.7 Å². The van der Waals surface area contributed by atoms with Crippen LogP contribution in [0.4, 0.5) is 5.82 Å². The normalized spacial score (nSPS) is 29.3. The van der Waals surface area contributed by atoms with E-state index >= 15 is 0 Å². The quantitative estimate of drug-likeness (QED) is 0.755. The summed E-state index contributed by atoms with van der Waals surface area (Å²) in [6.45, 7) is 4.05. The molecule has 0 amide bonds. The van der Waals surface area contributed by atoms with Gasteiger partial charge in [-0.2, -0.15) is 5.10 Å². The van der Waals surface area contributed by atoms with Crippen LogP contribution in [0.15, 0.2) is 23.2 Å². The molecule has 4 aliphatic rings. The molecule has 31 heavy (non-hydrogen) atoms. The lowest BCUT2D eigenvalue weighted by Crippen LogP contribution is -2.48. The number of sulfone groups is 1. The molecule has 0 spiro atoms. The van der Waals surface area contributed by atoms with Gasteiger partial charge in [0.05, 0.1) is 31.0 Å². The van der Waals surface area contributed by atoms with Gasteiger partial charge in [0.2, 0.25) is 0 Å². The van der Waals surface area contributed by atoms with Gasteiger partial charge < -0.3 is 10.5 Å². The summed E-state index contributed by atoms with van der Waals surface area (Å²) < 4.78 is 31.9. The van der Waals surface area contributed by atoms with Crippen molar-refractivity contribution < 1.29 is 13.2 Å². The molecule has 2 saturated carbocycles. The van der Waals surface area contributed by atoms with E-state index in [4.69, 9.17) is 15.6 Å². The number of hydrogen-bond donors (Lipinski definition) is 1. The SMILES string of the molecule is CS(=O)(=O)c1cc(-c2cc(C3C4CN(C5COC5)CC43)n(C3CCCC3)n2)cnc1N. The van der Waals surface area contributed by atoms with Crippen LogP contribution in [-0.4, -0.2) is 66.7 Å². The van der Waals surface area contributed by atoms with Gasteiger partial charge in [-0.25, -0.2) is 13.4 Å². The Hall–Kier alpha value is -1.97. The van der Waals surface area contributed by atoms with Crippen LogP contribution >= 0.6 is 0 Å². The summed E-state index contributed by atoms with van der Waals surface area (Å²) in [5.41, 5.74) is 8.67. The predicted octanol–water partition coefficient (Wildman–Crippen LogP) is 2.09. The molecule has 0 radical (unpaired) electrons. The Bertz CT molecular complexity index is 1110. The Kier molecular flexibility index (Phi) is 4.46. The van der Waals surface area contributed by atoms with Crippen LogP contribution in [-0.2, 0) is 14.6 Å². The van der Waals surface area contributed by atoms with Gasteiger partial charge in [0.25, 0.3) is 0 Å². The molecule has 0 bridgehead atoms. The number of hydrogen-bond acceptors (Lipinski definition) is 7. The number of nitrogens with zero attached hydrogens (tertiary/aromatic N) is 4. The molecular weight excluding hydrogens is 414 g/mol. The number of aromatic nitrogens is 3. The van der Waals surface area contributed by atoms with E-state index in [1.165, 1.54) is 18.5 Å². The highest BCUT2D eigenvalue weighted by Crippen LogP contribution is 2.59. The van der Waals surface area contributed by atoms with E-state index in [1.54, 1.807) is 12.3 Å². The van der Waals surface area contributed by atoms with Crippen LogP contribution in [0.2, 0.25) is 0 Å². The second kappa shape index (κ2) is 7.02. The summed E-state index contributed by atoms with van der Waals surface area (Å²) in [5, 5.41) is 4.99. The van der Waals surface area contributed by atoms with Gasteiger partial charge in [-0.1, -0.05) is 12.8 Å². The molecule has 9 heteroatoms. The number of nitrogen functional groups attached to an aromatic ring is 1. The van der Waals surface area contributed by atoms with Crippen molar-refractivity contribution in [3.8, 4) is 11.3 Å². The van der Waals surface area contributed by atoms with Crippen LogP contribution in [0.5, 0.6) is 0 Å². The van der Waals surface area contributed by atoms with Crippen LogP contribution in [0.25, 0.3) is 11.3 Å². The highest BCUT2D eigenvalue weighted by molar-refractivity contribution is 7.90. The first-order chi connectivity index (χ1) is 14.9. The highest BCUT2D eigenvalue weighted by Gasteiger charge is 2.59. The number of ether oxygens (including phenoxy) is 1. The summed E-state index contributed by atoms with van der Waals surface area (Å²) >= 11 is 0. The van der Waals surface area contributed by atoms with Crippen molar-refractivity contribution in [1.82, 2.24) is 19.7 Å². The minimum Gasteiger partial charge on any atom is -0.383 e. The Morgan fingerprint density at radius 1 is 1.10 bits per heavy atom. The van der Waals surface area contributed by atoms with Crippen molar-refractivity contribution in [3.05, 3.63) is 24.0 Å². The molecule has 2 atom stereocenters. The zero-order chi connectivity index (χ0) is 21.3. The van der Waals surface area contributed by atoms with E-state index < -0.39 is 9.84 Å². The maximum absolute atomic E-state index is 12.1. The zero-order valence-corrected chi connectivity index (χ0v) is 18.6. The van der Waals surface area contributed by atoms with Gasteiger partial charge in [-0.3, -0.25) is 9.58 Å². The van der Waals surface area contributed by atoms with Gasteiger partial charge in [-0.15, -0.1) is 0 Å². The molecule has 2 aliphatic heterocycles. The Balaban J connectivity index is 1.33. The molecule has 8 nitrogen and oxygen atoms in total. The summed E-state index contributed by atoms with van der Waals surface area (Å²) in [6.07, 6.45) is 7.62. The predicted molar refractivity (Wildman–Crippen MR) is 116 cm³/mol. The Morgan fingerprint density at radius 2 is 1.81 bits per heavy atom. The summed E-state index contributed by atoms with van der Waals surface area (Å²) in [4.78, 5) is 6.82. The summed E-state index contributed by atoms with van der Waals surface area (Å²) in [5.74, 6) is 1.98. The number of pyridine rings is 1. The molecular formula is C22H29N5O3S. The van der Waals surface area contributed by atoms with Gasteiger partial charge in [0, 0.05) is 42.7 Å². The topological polar surface area (TPSA) is 103 Å². The van der Waals surface area contributed by atoms with Crippen LogP contribution in [0.1, 0.15) is 43.3 Å². The van der Waals surface area contributed by atoms with Crippen LogP contribution < -0.4 is 5.73 Å². The van der Waals surface area contributed by atoms with Gasteiger partial charge in [0.15, 0.2) is 9.84 Å². The van der Waals surface area contributed by atoms with Crippen LogP contribution in [0.3, 0.4) is 0 Å². The van der Waals surface area contributed by atoms with Gasteiger partial charge >= 0.3 is 0 Å². The van der Waals surface area contributed by atoms with Crippen molar-refractivity contribution >= 4 is 15.7 Å². The lowest BCUT2D eigenvalue weighted by molar-refractivity contribution is -0.0610. The molecule has 166 valence electrons. The molecule has 0 aromatic carbocycles. The van der Waals surface area contributed by atoms with E-state index in [2.05, 4.69) is 20.6 Å². The molecule has 2 aliphatic carbocycles. The third kappa shape index (κ3) is 3.29. The van der Waals surface area contributed by atoms with Crippen molar-refractivity contribution in [2.24, 2.45) is 11.8 Å². The number of nitrogens with two attached hydrogens (primary N) is 1. The van der Waals surface area contributed by atoms with Crippen molar-refractivity contribution in [3.63, 3.8) is 0 Å². The minimum absolute atomic E-state index is 0.0403. The fourth-order valence-corrected chi connectivity index (χ4v) is 6.64. The Labute approximate surface area is 182 Å². The average molecular weight is 444 g/mol. The third-order valence-electron chi connectivity index (χ3n) is 7.71. The smallest absolute Gasteiger partial charge is 0.179 e. The summed E-state index contributed by atoms with van der Waals surface area (Å²) in [7, 11) is -3.45. The Morgan fingerprint density at radius 3 is 2.42 bits per heavy atom. The zero-order valence-electron chi connectivity index (χ0n) is 17.8. The number of piperidine rings is 1. The molecule has 2 unspecified atom stereocenters. The average Bonchev–Trinajstić information content (AvgIpc) is 3.17. The molecule has 4 fully saturated rings. The van der Waals surface area contributed by atoms with E-state index in [0.717, 1.165) is 51.1 Å². The van der Waals surface area contributed by atoms with Gasteiger partial charge in [-0.05, 0) is 36.8 Å². The second-order valence-corrected chi connectivity index (χ2v) is 11.7. The maximum atomic E-state index is 12.1. The molecule has 6 rings (SSSR count). The largest absolute Gasteiger partial charge is 0.383 e. The van der Waals surface area contributed by atoms with Crippen LogP contribution in [0, 0.1) is 11.8 Å². The molecule has 2 aromatic rings. The lowest BCUT2D eigenvalue weighted by atomic mass is 10.1. The number of rotatable bonds is 5. The molecule has 2 N–H and O–H groups in total. The van der Waals surface area contributed by atoms with E-state index in [0.29, 0.717) is 35.4 Å². The second-order valence-electron chi connectivity index (χ2n) is 9.72. The fraction of sp³-hybridized carbons (Fsp3) is 0.636. The number of likely N-dealkylation sites (tertiary alicyclic amines) is 1. The standard InChI is InChI=1S/C22H29N5O3S/c1-31(28,29)20-6-13(8-24-22(20)23)18-7-19(27(25-18)14-4-2-3-5-14)21-16-9-26(10-17(16)21)15-11-30-12-15/h6-8,14-17,21H,2-5,9-12H2,1H3,(H2,23,24). The first-order valence-corrected chi connectivity index (χ1v) is 13.2. The van der Waals surface area contributed by atoms with Crippen molar-refractivity contribution in [2.75, 3.05) is 38.3 Å². The summed E-state index contributed by atoms with van der Waals surface area (Å²) in [6, 6.07) is 4.85. The number of anilines is 1. The monoisotopic (exact) mass is 443 g/mol. The lowest BCUT2D eigenvalue weighted by Gasteiger charge is -2.35. The maximum Gasteiger partial charge on any atom is 0.179 e. The molecule has 2 aromatic heterocycles. The third-order valence-corrected chi connectivity index (χ3v) is 8.84. The molecule has 2 saturated heterocycles. The first-order valence-electron chi connectivity index (χ1n) is 11.3.